The van der Waals surface area contributed by atoms with Crippen LogP contribution in [0.1, 0.15) is 66.2 Å². The van der Waals surface area contributed by atoms with Crippen molar-refractivity contribution >= 4 is 16.7 Å². The van der Waals surface area contributed by atoms with E-state index in [-0.39, 0.29) is 18.9 Å². The van der Waals surface area contributed by atoms with E-state index in [0.29, 0.717) is 5.41 Å². The molecule has 0 spiro atoms. The lowest BCUT2D eigenvalue weighted by Gasteiger charge is -2.57. The van der Waals surface area contributed by atoms with Gasteiger partial charge >= 0.3 is 0 Å². The first kappa shape index (κ1) is 20.1. The van der Waals surface area contributed by atoms with Crippen molar-refractivity contribution in [2.75, 3.05) is 0 Å². The van der Waals surface area contributed by atoms with Crippen molar-refractivity contribution in [3.8, 4) is 0 Å². The van der Waals surface area contributed by atoms with Gasteiger partial charge in [-0.15, -0.1) is 0 Å². The number of imidazole rings is 1. The van der Waals surface area contributed by atoms with Gasteiger partial charge in [-0.3, -0.25) is 0 Å². The van der Waals surface area contributed by atoms with Gasteiger partial charge in [0.15, 0.2) is 0 Å². The normalized spacial score (nSPS) is 40.0. The Bertz CT molecular complexity index is 1030. The number of aromatic nitrogens is 2. The molecular weight excluding hydrogens is 368 g/mol. The first-order chi connectivity index (χ1) is 14.0. The van der Waals surface area contributed by atoms with Gasteiger partial charge in [-0.1, -0.05) is 51.1 Å². The van der Waals surface area contributed by atoms with E-state index in [1.807, 2.05) is 6.33 Å². The van der Waals surface area contributed by atoms with E-state index in [1.54, 1.807) is 5.57 Å². The van der Waals surface area contributed by atoms with Crippen molar-refractivity contribution in [1.29, 1.82) is 0 Å². The van der Waals surface area contributed by atoms with E-state index in [1.165, 1.54) is 36.9 Å². The van der Waals surface area contributed by atoms with Crippen LogP contribution in [-0.2, 0) is 0 Å². The zero-order chi connectivity index (χ0) is 19.8. The lowest BCUT2D eigenvalue weighted by molar-refractivity contribution is -0.0249. The zero-order valence-corrected chi connectivity index (χ0v) is 17.6. The summed E-state index contributed by atoms with van der Waals surface area (Å²) >= 11 is 0. The Morgan fingerprint density at radius 3 is 2.67 bits per heavy atom. The molecule has 1 heterocycles. The van der Waals surface area contributed by atoms with Gasteiger partial charge in [0.25, 0.3) is 0 Å². The van der Waals surface area contributed by atoms with Crippen molar-refractivity contribution in [2.24, 2.45) is 28.6 Å². The highest BCUT2D eigenvalue weighted by molar-refractivity contribution is 5.80. The number of rotatable bonds is 1. The summed E-state index contributed by atoms with van der Waals surface area (Å²) < 4.78 is 2.37. The average Bonchev–Trinajstić information content (AvgIpc) is 3.29. The molecule has 0 radical (unpaired) electrons. The fourth-order valence-electron chi connectivity index (χ4n) is 7.71. The molecule has 1 N–H and O–H groups in total. The summed E-state index contributed by atoms with van der Waals surface area (Å²) in [6.07, 6.45) is 15.0. The fourth-order valence-corrected chi connectivity index (χ4v) is 7.71. The third kappa shape index (κ3) is 2.57. The van der Waals surface area contributed by atoms with Gasteiger partial charge in [0.2, 0.25) is 0 Å². The molecule has 3 unspecified atom stereocenters. The van der Waals surface area contributed by atoms with E-state index < -0.39 is 0 Å². The molecule has 0 amide bonds. The van der Waals surface area contributed by atoms with E-state index in [9.17, 15) is 5.11 Å². The summed E-state index contributed by atoms with van der Waals surface area (Å²) in [7, 11) is 0. The van der Waals surface area contributed by atoms with Crippen molar-refractivity contribution in [3.05, 3.63) is 48.3 Å². The fraction of sp³-hybridized carbons (Fsp3) is 0.593. The first-order valence-corrected chi connectivity index (χ1v) is 11.5. The van der Waals surface area contributed by atoms with Crippen LogP contribution in [0.15, 0.2) is 48.3 Å². The van der Waals surface area contributed by atoms with E-state index in [2.05, 4.69) is 59.8 Å². The van der Waals surface area contributed by atoms with Crippen LogP contribution >= 0.6 is 0 Å². The lowest BCUT2D eigenvalue weighted by atomic mass is 9.48. The Hall–Kier alpha value is -1.87. The van der Waals surface area contributed by atoms with Crippen LogP contribution in [0.5, 0.6) is 0 Å². The Balaban J connectivity index is 0.00000193. The number of fused-ring (bicyclic) bond motifs is 6. The molecule has 4 aliphatic carbocycles. The quantitative estimate of drug-likeness (QED) is 0.555. The van der Waals surface area contributed by atoms with Gasteiger partial charge in [-0.05, 0) is 80.2 Å². The minimum Gasteiger partial charge on any atom is -0.393 e. The SMILES string of the molecule is C.C[C@]12CC[C@H](O)CC1=CCC1C2CC[C@]2(C)C(n3cnc4ccccc43)=CCC12. The van der Waals surface area contributed by atoms with Crippen LogP contribution in [0.2, 0.25) is 0 Å². The second kappa shape index (κ2) is 6.82. The molecule has 6 atom stereocenters. The number of aliphatic hydroxyl groups is 1. The molecule has 0 bridgehead atoms. The minimum absolute atomic E-state index is 0. The summed E-state index contributed by atoms with van der Waals surface area (Å²) in [6, 6.07) is 8.52. The van der Waals surface area contributed by atoms with Crippen molar-refractivity contribution in [2.45, 2.75) is 72.3 Å². The molecule has 1 aromatic heterocycles. The Morgan fingerprint density at radius 1 is 1.00 bits per heavy atom. The molecule has 3 nitrogen and oxygen atoms in total. The molecule has 30 heavy (non-hydrogen) atoms. The van der Waals surface area contributed by atoms with E-state index >= 15 is 0 Å². The maximum Gasteiger partial charge on any atom is 0.100 e. The topological polar surface area (TPSA) is 38.0 Å². The summed E-state index contributed by atoms with van der Waals surface area (Å²) in [5, 5.41) is 10.2. The van der Waals surface area contributed by atoms with Crippen LogP contribution < -0.4 is 0 Å². The molecular formula is C27H36N2O. The smallest absolute Gasteiger partial charge is 0.100 e. The summed E-state index contributed by atoms with van der Waals surface area (Å²) in [5.74, 6) is 2.26. The summed E-state index contributed by atoms with van der Waals surface area (Å²) in [6.45, 7) is 5.03. The standard InChI is InChI=1S/C26H32N2O.CH4/c1-25-13-11-18(29)15-17(25)7-8-19-20-9-10-24(26(20,2)14-12-21(19)25)28-16-27-22-5-3-4-6-23(22)28;/h3-7,10,16,18-21,29H,8-9,11-15H2,1-2H3;1H4/t18-,19?,20?,21?,25-,26-;/m0./s1. The second-order valence-corrected chi connectivity index (χ2v) is 10.5. The van der Waals surface area contributed by atoms with Crippen LogP contribution in [0.25, 0.3) is 16.7 Å². The maximum absolute atomic E-state index is 10.2. The first-order valence-electron chi connectivity index (χ1n) is 11.5. The number of nitrogens with zero attached hydrogens (tertiary/aromatic N) is 2. The number of allylic oxidation sites excluding steroid dienone is 3. The third-order valence-electron chi connectivity index (χ3n) is 9.33. The Kier molecular flexibility index (Phi) is 4.56. The van der Waals surface area contributed by atoms with E-state index in [0.717, 1.165) is 42.5 Å². The lowest BCUT2D eigenvalue weighted by Crippen LogP contribution is -2.50. The molecule has 1 aromatic carbocycles. The second-order valence-electron chi connectivity index (χ2n) is 10.5. The van der Waals surface area contributed by atoms with Crippen LogP contribution in [0.4, 0.5) is 0 Å². The van der Waals surface area contributed by atoms with Gasteiger partial charge in [-0.25, -0.2) is 4.98 Å². The molecule has 2 aromatic rings. The van der Waals surface area contributed by atoms with E-state index in [4.69, 9.17) is 0 Å². The molecule has 0 saturated heterocycles. The molecule has 160 valence electrons. The highest BCUT2D eigenvalue weighted by Crippen LogP contribution is 2.65. The van der Waals surface area contributed by atoms with Gasteiger partial charge < -0.3 is 9.67 Å². The summed E-state index contributed by atoms with van der Waals surface area (Å²) in [5.41, 5.74) is 5.92. The van der Waals surface area contributed by atoms with Crippen LogP contribution in [0, 0.1) is 28.6 Å². The molecule has 6 rings (SSSR count). The Labute approximate surface area is 180 Å². The van der Waals surface area contributed by atoms with Gasteiger partial charge in [-0.2, -0.15) is 0 Å². The monoisotopic (exact) mass is 404 g/mol. The van der Waals surface area contributed by atoms with Crippen molar-refractivity contribution in [1.82, 2.24) is 9.55 Å². The Morgan fingerprint density at radius 2 is 1.80 bits per heavy atom. The maximum atomic E-state index is 10.2. The predicted octanol–water partition coefficient (Wildman–Crippen LogP) is 6.45. The number of aliphatic hydroxyl groups excluding tert-OH is 1. The van der Waals surface area contributed by atoms with Crippen LogP contribution in [0.3, 0.4) is 0 Å². The highest BCUT2D eigenvalue weighted by atomic mass is 16.3. The molecule has 2 saturated carbocycles. The van der Waals surface area contributed by atoms with Crippen molar-refractivity contribution < 1.29 is 5.11 Å². The molecule has 4 aliphatic rings. The summed E-state index contributed by atoms with van der Waals surface area (Å²) in [4.78, 5) is 4.67. The predicted molar refractivity (Wildman–Crippen MR) is 124 cm³/mol. The largest absolute Gasteiger partial charge is 0.393 e. The highest BCUT2D eigenvalue weighted by Gasteiger charge is 2.57. The van der Waals surface area contributed by atoms with Gasteiger partial charge in [0.1, 0.15) is 6.33 Å². The molecule has 2 fully saturated rings. The minimum atomic E-state index is -0.117. The number of benzene rings is 1. The zero-order valence-electron chi connectivity index (χ0n) is 17.6. The number of para-hydroxylation sites is 2. The average molecular weight is 405 g/mol. The molecule has 3 heteroatoms. The third-order valence-corrected chi connectivity index (χ3v) is 9.33. The van der Waals surface area contributed by atoms with Crippen LogP contribution in [-0.4, -0.2) is 20.8 Å². The number of hydrogen-bond donors (Lipinski definition) is 1. The van der Waals surface area contributed by atoms with Crippen molar-refractivity contribution in [3.63, 3.8) is 0 Å². The van der Waals surface area contributed by atoms with Gasteiger partial charge in [0.05, 0.1) is 17.1 Å². The molecule has 0 aliphatic heterocycles. The number of hydrogen-bond acceptors (Lipinski definition) is 2. The van der Waals surface area contributed by atoms with Gasteiger partial charge in [0, 0.05) is 11.1 Å².